The van der Waals surface area contributed by atoms with Crippen LogP contribution in [0.2, 0.25) is 10.0 Å². The van der Waals surface area contributed by atoms with Crippen LogP contribution in [0.5, 0.6) is 11.5 Å². The minimum atomic E-state index is -0.410. The fourth-order valence-corrected chi connectivity index (χ4v) is 2.78. The number of benzene rings is 2. The summed E-state index contributed by atoms with van der Waals surface area (Å²) in [7, 11) is 0. The number of carbonyl (C=O) groups is 2. The maximum absolute atomic E-state index is 12.2. The van der Waals surface area contributed by atoms with Gasteiger partial charge in [-0.25, -0.2) is 0 Å². The van der Waals surface area contributed by atoms with E-state index in [0.29, 0.717) is 38.4 Å². The Kier molecular flexibility index (Phi) is 4.97. The summed E-state index contributed by atoms with van der Waals surface area (Å²) in [5.74, 6) is 0.349. The number of amides is 1. The van der Waals surface area contributed by atoms with Crippen molar-refractivity contribution in [2.24, 2.45) is 0 Å². The third-order valence-electron chi connectivity index (χ3n) is 3.53. The van der Waals surface area contributed by atoms with E-state index in [-0.39, 0.29) is 12.6 Å². The van der Waals surface area contributed by atoms with Crippen LogP contribution in [0.1, 0.15) is 22.8 Å². The Labute approximate surface area is 154 Å². The molecule has 7 heteroatoms. The molecular formula is C18H13Cl2NO4. The smallest absolute Gasteiger partial charge is 0.248 e. The van der Waals surface area contributed by atoms with Crippen LogP contribution in [0, 0.1) is 0 Å². The normalized spacial score (nSPS) is 12.4. The Balaban J connectivity index is 1.81. The van der Waals surface area contributed by atoms with Crippen molar-refractivity contribution in [3.63, 3.8) is 0 Å². The van der Waals surface area contributed by atoms with Gasteiger partial charge in [-0.3, -0.25) is 9.59 Å². The summed E-state index contributed by atoms with van der Waals surface area (Å²) in [6.45, 7) is 1.50. The minimum Gasteiger partial charge on any atom is -0.454 e. The van der Waals surface area contributed by atoms with Gasteiger partial charge in [0, 0.05) is 27.8 Å². The maximum Gasteiger partial charge on any atom is 0.248 e. The van der Waals surface area contributed by atoms with Gasteiger partial charge in [0.25, 0.3) is 0 Å². The number of ketones is 1. The summed E-state index contributed by atoms with van der Waals surface area (Å²) in [5, 5.41) is 3.62. The zero-order valence-corrected chi connectivity index (χ0v) is 14.6. The van der Waals surface area contributed by atoms with E-state index in [0.717, 1.165) is 0 Å². The average Bonchev–Trinajstić information content (AvgIpc) is 3.00. The van der Waals surface area contributed by atoms with Crippen LogP contribution in [0.3, 0.4) is 0 Å². The third-order valence-corrected chi connectivity index (χ3v) is 4.09. The molecule has 0 saturated carbocycles. The van der Waals surface area contributed by atoms with Gasteiger partial charge in [0.05, 0.1) is 5.69 Å². The number of anilines is 1. The van der Waals surface area contributed by atoms with Crippen molar-refractivity contribution < 1.29 is 19.1 Å². The third kappa shape index (κ3) is 3.95. The van der Waals surface area contributed by atoms with Crippen LogP contribution in [0.4, 0.5) is 5.69 Å². The SMILES string of the molecule is CC(=O)c1cc2c(cc1NC(=O)C=Cc1ccc(Cl)cc1Cl)OCO2. The van der Waals surface area contributed by atoms with Crippen LogP contribution in [0.25, 0.3) is 6.08 Å². The molecule has 0 aromatic heterocycles. The number of halogens is 2. The second kappa shape index (κ2) is 7.17. The van der Waals surface area contributed by atoms with Crippen LogP contribution < -0.4 is 14.8 Å². The molecule has 1 heterocycles. The van der Waals surface area contributed by atoms with Gasteiger partial charge in [0.15, 0.2) is 17.3 Å². The average molecular weight is 378 g/mol. The van der Waals surface area contributed by atoms with Gasteiger partial charge in [0.1, 0.15) is 0 Å². The van der Waals surface area contributed by atoms with Crippen LogP contribution >= 0.6 is 23.2 Å². The molecule has 0 atom stereocenters. The molecule has 1 amide bonds. The van der Waals surface area contributed by atoms with E-state index in [9.17, 15) is 9.59 Å². The number of hydrogen-bond acceptors (Lipinski definition) is 4. The molecule has 0 unspecified atom stereocenters. The Hall–Kier alpha value is -2.50. The Morgan fingerprint density at radius 1 is 1.12 bits per heavy atom. The van der Waals surface area contributed by atoms with E-state index >= 15 is 0 Å². The fraction of sp³-hybridized carbons (Fsp3) is 0.111. The lowest BCUT2D eigenvalue weighted by Gasteiger charge is -2.09. The molecule has 0 radical (unpaired) electrons. The van der Waals surface area contributed by atoms with E-state index in [2.05, 4.69) is 5.32 Å². The number of ether oxygens (including phenoxy) is 2. The summed E-state index contributed by atoms with van der Waals surface area (Å²) in [4.78, 5) is 24.0. The summed E-state index contributed by atoms with van der Waals surface area (Å²) >= 11 is 11.9. The number of carbonyl (C=O) groups excluding carboxylic acids is 2. The highest BCUT2D eigenvalue weighted by molar-refractivity contribution is 6.35. The van der Waals surface area contributed by atoms with E-state index in [4.69, 9.17) is 32.7 Å². The highest BCUT2D eigenvalue weighted by atomic mass is 35.5. The lowest BCUT2D eigenvalue weighted by molar-refractivity contribution is -0.111. The molecular weight excluding hydrogens is 365 g/mol. The van der Waals surface area contributed by atoms with Crippen molar-refractivity contribution in [1.29, 1.82) is 0 Å². The zero-order valence-electron chi connectivity index (χ0n) is 13.1. The number of rotatable bonds is 4. The predicted molar refractivity (Wildman–Crippen MR) is 96.7 cm³/mol. The van der Waals surface area contributed by atoms with Gasteiger partial charge in [-0.05, 0) is 36.8 Å². The molecule has 2 aromatic carbocycles. The lowest BCUT2D eigenvalue weighted by Crippen LogP contribution is -2.11. The second-order valence-electron chi connectivity index (χ2n) is 5.30. The first-order valence-electron chi connectivity index (χ1n) is 7.33. The molecule has 1 aliphatic rings. The first kappa shape index (κ1) is 17.3. The molecule has 25 heavy (non-hydrogen) atoms. The number of hydrogen-bond donors (Lipinski definition) is 1. The summed E-state index contributed by atoms with van der Waals surface area (Å²) in [5.41, 5.74) is 1.35. The topological polar surface area (TPSA) is 64.6 Å². The number of fused-ring (bicyclic) bond motifs is 1. The van der Waals surface area contributed by atoms with Gasteiger partial charge in [0.2, 0.25) is 12.7 Å². The van der Waals surface area contributed by atoms with E-state index in [1.807, 2.05) is 0 Å². The molecule has 1 aliphatic heterocycles. The van der Waals surface area contributed by atoms with Gasteiger partial charge >= 0.3 is 0 Å². The van der Waals surface area contributed by atoms with Crippen molar-refractivity contribution in [3.05, 3.63) is 57.6 Å². The minimum absolute atomic E-state index is 0.0824. The molecule has 0 spiro atoms. The highest BCUT2D eigenvalue weighted by Gasteiger charge is 2.19. The molecule has 2 aromatic rings. The molecule has 0 saturated heterocycles. The van der Waals surface area contributed by atoms with E-state index in [1.54, 1.807) is 36.4 Å². The first-order valence-corrected chi connectivity index (χ1v) is 8.08. The first-order chi connectivity index (χ1) is 11.9. The van der Waals surface area contributed by atoms with Gasteiger partial charge in [-0.2, -0.15) is 0 Å². The van der Waals surface area contributed by atoms with Crippen molar-refractivity contribution in [3.8, 4) is 11.5 Å². The predicted octanol–water partition coefficient (Wildman–Crippen LogP) is 4.58. The second-order valence-corrected chi connectivity index (χ2v) is 6.14. The summed E-state index contributed by atoms with van der Waals surface area (Å²) in [6, 6.07) is 8.10. The Morgan fingerprint density at radius 3 is 2.52 bits per heavy atom. The van der Waals surface area contributed by atoms with Crippen molar-refractivity contribution in [2.45, 2.75) is 6.92 Å². The summed E-state index contributed by atoms with van der Waals surface area (Å²) < 4.78 is 10.5. The van der Waals surface area contributed by atoms with E-state index in [1.165, 1.54) is 13.0 Å². The van der Waals surface area contributed by atoms with Crippen molar-refractivity contribution >= 4 is 46.7 Å². The monoisotopic (exact) mass is 377 g/mol. The molecule has 5 nitrogen and oxygen atoms in total. The standard InChI is InChI=1S/C18H13Cl2NO4/c1-10(22)13-7-16-17(25-9-24-16)8-15(13)21-18(23)5-3-11-2-4-12(19)6-14(11)20/h2-8H,9H2,1H3,(H,21,23). The highest BCUT2D eigenvalue weighted by Crippen LogP contribution is 2.37. The zero-order chi connectivity index (χ0) is 18.0. The van der Waals surface area contributed by atoms with Gasteiger partial charge < -0.3 is 14.8 Å². The molecule has 1 N–H and O–H groups in total. The van der Waals surface area contributed by atoms with E-state index < -0.39 is 5.91 Å². The molecule has 0 fully saturated rings. The van der Waals surface area contributed by atoms with Gasteiger partial charge in [-0.15, -0.1) is 0 Å². The lowest BCUT2D eigenvalue weighted by atomic mass is 10.1. The van der Waals surface area contributed by atoms with Crippen LogP contribution in [0.15, 0.2) is 36.4 Å². The molecule has 0 aliphatic carbocycles. The van der Waals surface area contributed by atoms with Crippen molar-refractivity contribution in [2.75, 3.05) is 12.1 Å². The summed E-state index contributed by atoms with van der Waals surface area (Å²) in [6.07, 6.45) is 2.89. The largest absolute Gasteiger partial charge is 0.454 e. The Morgan fingerprint density at radius 2 is 1.84 bits per heavy atom. The Bertz CT molecular complexity index is 893. The van der Waals surface area contributed by atoms with Crippen LogP contribution in [-0.4, -0.2) is 18.5 Å². The number of nitrogens with one attached hydrogen (secondary N) is 1. The fourth-order valence-electron chi connectivity index (χ4n) is 2.31. The molecule has 128 valence electrons. The van der Waals surface area contributed by atoms with Crippen LogP contribution in [-0.2, 0) is 4.79 Å². The van der Waals surface area contributed by atoms with Crippen molar-refractivity contribution in [1.82, 2.24) is 0 Å². The molecule has 3 rings (SSSR count). The quantitative estimate of drug-likeness (QED) is 0.625. The number of Topliss-reactive ketones (excluding diaryl/α,β-unsaturated/α-hetero) is 1. The molecule has 0 bridgehead atoms. The van der Waals surface area contributed by atoms with Gasteiger partial charge in [-0.1, -0.05) is 29.3 Å². The maximum atomic E-state index is 12.2.